The van der Waals surface area contributed by atoms with Crippen molar-refractivity contribution >= 4 is 21.6 Å². The second kappa shape index (κ2) is 10.9. The summed E-state index contributed by atoms with van der Waals surface area (Å²) < 4.78 is 39.0. The van der Waals surface area contributed by atoms with E-state index in [1.807, 2.05) is 37.3 Å². The Morgan fingerprint density at radius 1 is 0.939 bits per heavy atom. The summed E-state index contributed by atoms with van der Waals surface area (Å²) in [5.41, 5.74) is 1.16. The van der Waals surface area contributed by atoms with Gasteiger partial charge in [0.2, 0.25) is 5.91 Å². The molecule has 174 valence electrons. The van der Waals surface area contributed by atoms with Gasteiger partial charge in [0.1, 0.15) is 18.0 Å². The van der Waals surface area contributed by atoms with E-state index in [2.05, 4.69) is 5.32 Å². The highest BCUT2D eigenvalue weighted by Crippen LogP contribution is 2.35. The van der Waals surface area contributed by atoms with E-state index in [0.717, 1.165) is 9.87 Å². The average Bonchev–Trinajstić information content (AvgIpc) is 2.86. The van der Waals surface area contributed by atoms with Crippen molar-refractivity contribution in [3.05, 3.63) is 84.4 Å². The maximum Gasteiger partial charge on any atom is 0.264 e. The first-order chi connectivity index (χ1) is 15.9. The van der Waals surface area contributed by atoms with Gasteiger partial charge in [-0.25, -0.2) is 8.42 Å². The predicted molar refractivity (Wildman–Crippen MR) is 128 cm³/mol. The topological polar surface area (TPSA) is 84.9 Å². The molecule has 0 aliphatic carbocycles. The van der Waals surface area contributed by atoms with Gasteiger partial charge in [-0.15, -0.1) is 0 Å². The number of carbonyl (C=O) groups is 1. The predicted octanol–water partition coefficient (Wildman–Crippen LogP) is 4.17. The molecule has 3 aromatic carbocycles. The molecule has 0 bridgehead atoms. The van der Waals surface area contributed by atoms with Crippen LogP contribution in [0.1, 0.15) is 24.9 Å². The third kappa shape index (κ3) is 5.64. The minimum Gasteiger partial charge on any atom is -0.497 e. The Morgan fingerprint density at radius 2 is 1.58 bits per heavy atom. The summed E-state index contributed by atoms with van der Waals surface area (Å²) in [5, 5.41) is 2.96. The quantitative estimate of drug-likeness (QED) is 0.483. The van der Waals surface area contributed by atoms with E-state index in [1.165, 1.54) is 26.4 Å². The molecule has 0 saturated carbocycles. The van der Waals surface area contributed by atoms with Crippen molar-refractivity contribution in [2.75, 3.05) is 25.1 Å². The van der Waals surface area contributed by atoms with Crippen molar-refractivity contribution < 1.29 is 22.7 Å². The lowest BCUT2D eigenvalue weighted by Crippen LogP contribution is -2.42. The number of methoxy groups -OCH3 is 2. The number of rotatable bonds is 10. The van der Waals surface area contributed by atoms with E-state index < -0.39 is 22.5 Å². The molecule has 1 amide bonds. The molecule has 1 atom stereocenters. The highest BCUT2D eigenvalue weighted by molar-refractivity contribution is 7.92. The molecule has 0 aliphatic rings. The Labute approximate surface area is 195 Å². The third-order valence-electron chi connectivity index (χ3n) is 5.22. The van der Waals surface area contributed by atoms with Crippen LogP contribution in [-0.2, 0) is 14.8 Å². The number of sulfonamides is 1. The van der Waals surface area contributed by atoms with Gasteiger partial charge in [0.15, 0.2) is 0 Å². The van der Waals surface area contributed by atoms with E-state index in [9.17, 15) is 13.2 Å². The van der Waals surface area contributed by atoms with Crippen molar-refractivity contribution in [1.82, 2.24) is 5.32 Å². The number of hydrogen-bond acceptors (Lipinski definition) is 5. The Bertz CT molecular complexity index is 1170. The van der Waals surface area contributed by atoms with Crippen LogP contribution in [-0.4, -0.2) is 35.1 Å². The van der Waals surface area contributed by atoms with Crippen molar-refractivity contribution in [2.45, 2.75) is 24.3 Å². The van der Waals surface area contributed by atoms with Crippen LogP contribution in [0.2, 0.25) is 0 Å². The normalized spacial score (nSPS) is 12.0. The van der Waals surface area contributed by atoms with Gasteiger partial charge in [-0.3, -0.25) is 9.10 Å². The maximum absolute atomic E-state index is 13.6. The maximum atomic E-state index is 13.6. The molecule has 7 nitrogen and oxygen atoms in total. The molecule has 1 N–H and O–H groups in total. The molecule has 0 aromatic heterocycles. The van der Waals surface area contributed by atoms with Gasteiger partial charge in [-0.2, -0.15) is 0 Å². The Kier molecular flexibility index (Phi) is 7.95. The number of benzene rings is 3. The number of hydrogen-bond donors (Lipinski definition) is 1. The molecule has 3 aromatic rings. The fourth-order valence-electron chi connectivity index (χ4n) is 3.49. The second-order valence-corrected chi connectivity index (χ2v) is 9.16. The van der Waals surface area contributed by atoms with Gasteiger partial charge in [-0.1, -0.05) is 55.5 Å². The molecule has 0 spiro atoms. The van der Waals surface area contributed by atoms with Crippen LogP contribution in [0.25, 0.3) is 0 Å². The highest BCUT2D eigenvalue weighted by Gasteiger charge is 2.30. The summed E-state index contributed by atoms with van der Waals surface area (Å²) in [7, 11) is -1.15. The zero-order chi connectivity index (χ0) is 23.8. The number of nitrogens with one attached hydrogen (secondary N) is 1. The van der Waals surface area contributed by atoms with Gasteiger partial charge >= 0.3 is 0 Å². The smallest absolute Gasteiger partial charge is 0.264 e. The molecule has 8 heteroatoms. The number of ether oxygens (including phenoxy) is 2. The fourth-order valence-corrected chi connectivity index (χ4v) is 4.93. The molecule has 0 aliphatic heterocycles. The van der Waals surface area contributed by atoms with E-state index >= 15 is 0 Å². The van der Waals surface area contributed by atoms with Crippen LogP contribution in [0.4, 0.5) is 5.69 Å². The summed E-state index contributed by atoms with van der Waals surface area (Å²) >= 11 is 0. The third-order valence-corrected chi connectivity index (χ3v) is 6.99. The number of amides is 1. The Morgan fingerprint density at radius 3 is 2.15 bits per heavy atom. The van der Waals surface area contributed by atoms with E-state index in [1.54, 1.807) is 36.4 Å². The zero-order valence-electron chi connectivity index (χ0n) is 18.9. The first-order valence-electron chi connectivity index (χ1n) is 10.5. The van der Waals surface area contributed by atoms with Gasteiger partial charge in [0.05, 0.1) is 30.8 Å². The van der Waals surface area contributed by atoms with Gasteiger partial charge in [-0.05, 0) is 36.2 Å². The van der Waals surface area contributed by atoms with Crippen molar-refractivity contribution in [2.24, 2.45) is 0 Å². The summed E-state index contributed by atoms with van der Waals surface area (Å²) in [6, 6.07) is 22.1. The first-order valence-corrected chi connectivity index (χ1v) is 12.0. The minimum absolute atomic E-state index is 0.0674. The van der Waals surface area contributed by atoms with Crippen LogP contribution in [0.3, 0.4) is 0 Å². The second-order valence-electron chi connectivity index (χ2n) is 7.30. The standard InChI is InChI=1S/C25H28N2O5S/c1-4-22(19-11-7-5-8-12-19)26-25(28)18-27(33(29,30)21-13-9-6-10-14-21)23-17-20(31-2)15-16-24(23)32-3/h5-17,22H,4,18H2,1-3H3,(H,26,28)/t22-/m1/s1. The monoisotopic (exact) mass is 468 g/mol. The van der Waals surface area contributed by atoms with Crippen molar-refractivity contribution in [3.8, 4) is 11.5 Å². The molecule has 33 heavy (non-hydrogen) atoms. The van der Waals surface area contributed by atoms with Gasteiger partial charge < -0.3 is 14.8 Å². The molecule has 0 fully saturated rings. The van der Waals surface area contributed by atoms with Gasteiger partial charge in [0, 0.05) is 6.07 Å². The highest BCUT2D eigenvalue weighted by atomic mass is 32.2. The SMILES string of the molecule is CC[C@@H](NC(=O)CN(c1cc(OC)ccc1OC)S(=O)(=O)c1ccccc1)c1ccccc1. The van der Waals surface area contributed by atoms with E-state index in [-0.39, 0.29) is 16.6 Å². The lowest BCUT2D eigenvalue weighted by molar-refractivity contribution is -0.120. The lowest BCUT2D eigenvalue weighted by Gasteiger charge is -2.27. The summed E-state index contributed by atoms with van der Waals surface area (Å²) in [6.45, 7) is 1.53. The summed E-state index contributed by atoms with van der Waals surface area (Å²) in [4.78, 5) is 13.2. The van der Waals surface area contributed by atoms with Crippen LogP contribution in [0, 0.1) is 0 Å². The van der Waals surface area contributed by atoms with Crippen LogP contribution < -0.4 is 19.1 Å². The van der Waals surface area contributed by atoms with Crippen molar-refractivity contribution in [1.29, 1.82) is 0 Å². The molecule has 0 unspecified atom stereocenters. The minimum atomic E-state index is -4.08. The van der Waals surface area contributed by atoms with E-state index in [4.69, 9.17) is 9.47 Å². The Hall–Kier alpha value is -3.52. The summed E-state index contributed by atoms with van der Waals surface area (Å²) in [5.74, 6) is 0.309. The first kappa shape index (κ1) is 24.1. The van der Waals surface area contributed by atoms with E-state index in [0.29, 0.717) is 17.9 Å². The van der Waals surface area contributed by atoms with Crippen LogP contribution >= 0.6 is 0 Å². The number of nitrogens with zero attached hydrogens (tertiary/aromatic N) is 1. The fraction of sp³-hybridized carbons (Fsp3) is 0.240. The molecular weight excluding hydrogens is 440 g/mol. The molecule has 0 saturated heterocycles. The largest absolute Gasteiger partial charge is 0.497 e. The van der Waals surface area contributed by atoms with Crippen molar-refractivity contribution in [3.63, 3.8) is 0 Å². The number of carbonyl (C=O) groups excluding carboxylic acids is 1. The molecule has 0 radical (unpaired) electrons. The summed E-state index contributed by atoms with van der Waals surface area (Å²) in [6.07, 6.45) is 0.656. The molecule has 3 rings (SSSR count). The number of anilines is 1. The molecule has 0 heterocycles. The molecular formula is C25H28N2O5S. The van der Waals surface area contributed by atoms with Crippen LogP contribution in [0.15, 0.2) is 83.8 Å². The van der Waals surface area contributed by atoms with Crippen LogP contribution in [0.5, 0.6) is 11.5 Å². The van der Waals surface area contributed by atoms with Gasteiger partial charge in [0.25, 0.3) is 10.0 Å². The Balaban J connectivity index is 2.00. The lowest BCUT2D eigenvalue weighted by atomic mass is 10.0. The zero-order valence-corrected chi connectivity index (χ0v) is 19.7. The average molecular weight is 469 g/mol.